The molecule has 0 radical (unpaired) electrons. The molecule has 0 spiro atoms. The maximum absolute atomic E-state index is 12.3. The normalized spacial score (nSPS) is 16.7. The number of aldehydes is 2. The van der Waals surface area contributed by atoms with Crippen LogP contribution < -0.4 is 9.64 Å². The van der Waals surface area contributed by atoms with E-state index in [0.29, 0.717) is 30.4 Å². The molecule has 1 atom stereocenters. The summed E-state index contributed by atoms with van der Waals surface area (Å²) in [4.78, 5) is 36.3. The van der Waals surface area contributed by atoms with Crippen LogP contribution in [0.4, 0.5) is 5.69 Å². The van der Waals surface area contributed by atoms with Gasteiger partial charge in [0.15, 0.2) is 12.6 Å². The summed E-state index contributed by atoms with van der Waals surface area (Å²) in [6.45, 7) is 0.156. The second-order valence-electron chi connectivity index (χ2n) is 5.75. The van der Waals surface area contributed by atoms with Gasteiger partial charge in [-0.2, -0.15) is 0 Å². The van der Waals surface area contributed by atoms with Crippen LogP contribution in [0.15, 0.2) is 42.5 Å². The van der Waals surface area contributed by atoms with E-state index in [4.69, 9.17) is 4.74 Å². The van der Waals surface area contributed by atoms with E-state index in [0.717, 1.165) is 6.29 Å². The number of phenolic OH excluding ortho intramolecular Hbond substituents is 1. The van der Waals surface area contributed by atoms with Crippen LogP contribution in [-0.4, -0.2) is 36.2 Å². The topological polar surface area (TPSA) is 83.9 Å². The van der Waals surface area contributed by atoms with Crippen molar-refractivity contribution in [2.75, 3.05) is 11.5 Å². The Morgan fingerprint density at radius 2 is 1.92 bits per heavy atom. The quantitative estimate of drug-likeness (QED) is 0.818. The number of amides is 1. The minimum Gasteiger partial charge on any atom is -0.507 e. The van der Waals surface area contributed by atoms with Crippen LogP contribution in [0.25, 0.3) is 0 Å². The molecule has 0 saturated carbocycles. The Hall–Kier alpha value is -3.15. The summed E-state index contributed by atoms with van der Waals surface area (Å²) < 4.78 is 5.69. The monoisotopic (exact) mass is 339 g/mol. The summed E-state index contributed by atoms with van der Waals surface area (Å²) in [6, 6.07) is 11.2. The molecule has 0 bridgehead atoms. The number of nitrogens with zero attached hydrogens (tertiary/aromatic N) is 1. The third-order valence-electron chi connectivity index (χ3n) is 4.24. The summed E-state index contributed by atoms with van der Waals surface area (Å²) in [5.41, 5.74) is 1.07. The molecule has 1 amide bonds. The number of para-hydroxylation sites is 1. The molecule has 1 unspecified atom stereocenters. The maximum atomic E-state index is 12.3. The molecule has 0 aromatic heterocycles. The molecule has 2 aromatic carbocycles. The predicted octanol–water partition coefficient (Wildman–Crippen LogP) is 2.59. The molecular weight excluding hydrogens is 322 g/mol. The van der Waals surface area contributed by atoms with E-state index >= 15 is 0 Å². The standard InChI is InChI=1S/C19H17NO5/c21-10-13-4-1-2-5-16(13)20-14(8-9-19(20)24)12-25-18-7-3-6-17(23)15(18)11-22/h1-7,10-11,14,23H,8-9,12H2. The van der Waals surface area contributed by atoms with Crippen LogP contribution in [0.3, 0.4) is 0 Å². The van der Waals surface area contributed by atoms with E-state index in [9.17, 15) is 19.5 Å². The Morgan fingerprint density at radius 3 is 2.68 bits per heavy atom. The number of hydrogen-bond donors (Lipinski definition) is 1. The lowest BCUT2D eigenvalue weighted by atomic mass is 10.1. The number of aromatic hydroxyl groups is 1. The van der Waals surface area contributed by atoms with Gasteiger partial charge in [0.25, 0.3) is 0 Å². The summed E-state index contributed by atoms with van der Waals surface area (Å²) in [5.74, 6) is 0.0329. The van der Waals surface area contributed by atoms with Crippen molar-refractivity contribution in [3.63, 3.8) is 0 Å². The number of ether oxygens (including phenoxy) is 1. The first-order chi connectivity index (χ1) is 12.2. The fourth-order valence-corrected chi connectivity index (χ4v) is 3.00. The minimum atomic E-state index is -0.254. The van der Waals surface area contributed by atoms with Crippen LogP contribution in [0, 0.1) is 0 Å². The van der Waals surface area contributed by atoms with Crippen LogP contribution in [0.2, 0.25) is 0 Å². The van der Waals surface area contributed by atoms with Crippen LogP contribution in [0.5, 0.6) is 11.5 Å². The zero-order chi connectivity index (χ0) is 17.8. The number of benzene rings is 2. The lowest BCUT2D eigenvalue weighted by Crippen LogP contribution is -2.37. The lowest BCUT2D eigenvalue weighted by Gasteiger charge is -2.26. The van der Waals surface area contributed by atoms with Crippen molar-refractivity contribution in [3.8, 4) is 11.5 Å². The van der Waals surface area contributed by atoms with Gasteiger partial charge in [0.1, 0.15) is 18.1 Å². The molecule has 1 aliphatic heterocycles. The van der Waals surface area contributed by atoms with Gasteiger partial charge in [-0.1, -0.05) is 18.2 Å². The number of anilines is 1. The number of hydrogen-bond acceptors (Lipinski definition) is 5. The Kier molecular flexibility index (Phi) is 4.79. The zero-order valence-corrected chi connectivity index (χ0v) is 13.4. The van der Waals surface area contributed by atoms with Gasteiger partial charge < -0.3 is 14.7 Å². The van der Waals surface area contributed by atoms with E-state index in [1.165, 1.54) is 6.07 Å². The van der Waals surface area contributed by atoms with Gasteiger partial charge in [-0.25, -0.2) is 0 Å². The molecule has 2 aromatic rings. The minimum absolute atomic E-state index is 0.0746. The van der Waals surface area contributed by atoms with Crippen LogP contribution in [-0.2, 0) is 4.79 Å². The van der Waals surface area contributed by atoms with Crippen LogP contribution >= 0.6 is 0 Å². The van der Waals surface area contributed by atoms with Gasteiger partial charge in [-0.05, 0) is 30.7 Å². The lowest BCUT2D eigenvalue weighted by molar-refractivity contribution is -0.117. The van der Waals surface area contributed by atoms with E-state index < -0.39 is 0 Å². The van der Waals surface area contributed by atoms with Crippen molar-refractivity contribution in [2.45, 2.75) is 18.9 Å². The summed E-state index contributed by atoms with van der Waals surface area (Å²) in [5, 5.41) is 9.71. The van der Waals surface area contributed by atoms with Gasteiger partial charge in [-0.15, -0.1) is 0 Å². The van der Waals surface area contributed by atoms with Gasteiger partial charge in [0, 0.05) is 12.0 Å². The molecule has 1 aliphatic rings. The molecule has 6 nitrogen and oxygen atoms in total. The third kappa shape index (κ3) is 3.24. The van der Waals surface area contributed by atoms with E-state index in [1.54, 1.807) is 41.3 Å². The summed E-state index contributed by atoms with van der Waals surface area (Å²) in [7, 11) is 0. The maximum Gasteiger partial charge on any atom is 0.227 e. The Balaban J connectivity index is 1.83. The molecule has 1 N–H and O–H groups in total. The first-order valence-corrected chi connectivity index (χ1v) is 7.92. The number of carbonyl (C=O) groups excluding carboxylic acids is 3. The smallest absolute Gasteiger partial charge is 0.227 e. The molecule has 6 heteroatoms. The van der Waals surface area contributed by atoms with Gasteiger partial charge in [0.2, 0.25) is 5.91 Å². The Morgan fingerprint density at radius 1 is 1.12 bits per heavy atom. The second kappa shape index (κ2) is 7.17. The molecule has 1 heterocycles. The second-order valence-corrected chi connectivity index (χ2v) is 5.75. The zero-order valence-electron chi connectivity index (χ0n) is 13.4. The first-order valence-electron chi connectivity index (χ1n) is 7.92. The molecular formula is C19H17NO5. The average Bonchev–Trinajstić information content (AvgIpc) is 3.00. The number of rotatable bonds is 6. The summed E-state index contributed by atoms with van der Waals surface area (Å²) in [6.07, 6.45) is 2.20. The van der Waals surface area contributed by atoms with Crippen molar-refractivity contribution in [2.24, 2.45) is 0 Å². The average molecular weight is 339 g/mol. The van der Waals surface area contributed by atoms with Crippen molar-refractivity contribution < 1.29 is 24.2 Å². The van der Waals surface area contributed by atoms with Gasteiger partial charge >= 0.3 is 0 Å². The highest BCUT2D eigenvalue weighted by Gasteiger charge is 2.34. The van der Waals surface area contributed by atoms with Crippen molar-refractivity contribution >= 4 is 24.2 Å². The fraction of sp³-hybridized carbons (Fsp3) is 0.211. The van der Waals surface area contributed by atoms with Gasteiger partial charge in [0.05, 0.1) is 17.3 Å². The van der Waals surface area contributed by atoms with Gasteiger partial charge in [-0.3, -0.25) is 14.4 Å². The number of carbonyl (C=O) groups is 3. The molecule has 1 fully saturated rings. The largest absolute Gasteiger partial charge is 0.507 e. The molecule has 3 rings (SSSR count). The predicted molar refractivity (Wildman–Crippen MR) is 91.3 cm³/mol. The Labute approximate surface area is 144 Å². The van der Waals surface area contributed by atoms with Crippen LogP contribution in [0.1, 0.15) is 33.6 Å². The van der Waals surface area contributed by atoms with Crippen molar-refractivity contribution in [1.29, 1.82) is 0 Å². The summed E-state index contributed by atoms with van der Waals surface area (Å²) >= 11 is 0. The third-order valence-corrected chi connectivity index (χ3v) is 4.24. The highest BCUT2D eigenvalue weighted by atomic mass is 16.5. The first kappa shape index (κ1) is 16.7. The molecule has 1 saturated heterocycles. The van der Waals surface area contributed by atoms with E-state index in [-0.39, 0.29) is 35.6 Å². The van der Waals surface area contributed by atoms with E-state index in [2.05, 4.69) is 0 Å². The van der Waals surface area contributed by atoms with Crippen molar-refractivity contribution in [3.05, 3.63) is 53.6 Å². The van der Waals surface area contributed by atoms with Crippen molar-refractivity contribution in [1.82, 2.24) is 0 Å². The number of phenols is 1. The molecule has 0 aliphatic carbocycles. The SMILES string of the molecule is O=Cc1ccccc1N1C(=O)CCC1COc1cccc(O)c1C=O. The molecule has 128 valence electrons. The van der Waals surface area contributed by atoms with E-state index in [1.807, 2.05) is 0 Å². The fourth-order valence-electron chi connectivity index (χ4n) is 3.00. The highest BCUT2D eigenvalue weighted by Crippen LogP contribution is 2.31. The Bertz CT molecular complexity index is 817. The molecule has 25 heavy (non-hydrogen) atoms. The highest BCUT2D eigenvalue weighted by molar-refractivity contribution is 6.00.